The summed E-state index contributed by atoms with van der Waals surface area (Å²) in [5, 5.41) is 0. The van der Waals surface area contributed by atoms with E-state index in [4.69, 9.17) is 0 Å². The minimum absolute atomic E-state index is 0.0112. The van der Waals surface area contributed by atoms with Gasteiger partial charge in [0.05, 0.1) is 24.1 Å². The van der Waals surface area contributed by atoms with Crippen LogP contribution in [0.3, 0.4) is 0 Å². The van der Waals surface area contributed by atoms with Crippen molar-refractivity contribution in [2.75, 3.05) is 29.4 Å². The first-order valence-electron chi connectivity index (χ1n) is 9.39. The van der Waals surface area contributed by atoms with Crippen molar-refractivity contribution in [2.45, 2.75) is 30.8 Å². The van der Waals surface area contributed by atoms with Crippen LogP contribution in [0.4, 0.5) is 29.3 Å². The van der Waals surface area contributed by atoms with Gasteiger partial charge in [-0.15, -0.1) is 0 Å². The summed E-state index contributed by atoms with van der Waals surface area (Å²) in [5.41, 5.74) is -2.38. The molecule has 10 heteroatoms. The van der Waals surface area contributed by atoms with Crippen LogP contribution in [0.1, 0.15) is 19.4 Å². The number of urea groups is 1. The van der Waals surface area contributed by atoms with Gasteiger partial charge in [0, 0.05) is 24.2 Å². The average molecular weight is 438 g/mol. The fourth-order valence-electron chi connectivity index (χ4n) is 3.33. The number of amides is 3. The number of rotatable bonds is 7. The number of carbonyl (C=O) groups is 2. The van der Waals surface area contributed by atoms with Gasteiger partial charge in [0.15, 0.2) is 0 Å². The third-order valence-electron chi connectivity index (χ3n) is 4.72. The number of hydrogen-bond acceptors (Lipinski definition) is 5. The summed E-state index contributed by atoms with van der Waals surface area (Å²) in [6.45, 7) is 5.73. The molecule has 0 radical (unpaired) electrons. The lowest BCUT2D eigenvalue weighted by atomic mass is 10.2. The summed E-state index contributed by atoms with van der Waals surface area (Å²) in [7, 11) is 0. The smallest absolute Gasteiger partial charge is 0.371 e. The second kappa shape index (κ2) is 8.95. The van der Waals surface area contributed by atoms with Crippen LogP contribution in [0.2, 0.25) is 0 Å². The summed E-state index contributed by atoms with van der Waals surface area (Å²) in [5.74, 6) is -0.422. The van der Waals surface area contributed by atoms with Gasteiger partial charge in [0.25, 0.3) is 5.91 Å². The van der Waals surface area contributed by atoms with E-state index in [1.807, 2.05) is 19.9 Å². The normalized spacial score (nSPS) is 14.6. The van der Waals surface area contributed by atoms with Gasteiger partial charge < -0.3 is 9.80 Å². The number of thioether (sulfide) groups is 1. The van der Waals surface area contributed by atoms with Crippen molar-refractivity contribution in [1.29, 1.82) is 0 Å². The van der Waals surface area contributed by atoms with E-state index >= 15 is 0 Å². The van der Waals surface area contributed by atoms with Crippen molar-refractivity contribution < 1.29 is 22.8 Å². The molecule has 1 aliphatic rings. The topological polar surface area (TPSA) is 56.8 Å². The molecule has 0 saturated carbocycles. The number of imide groups is 1. The third kappa shape index (κ3) is 4.86. The molecule has 1 fully saturated rings. The van der Waals surface area contributed by atoms with E-state index in [0.717, 1.165) is 29.2 Å². The molecule has 3 rings (SSSR count). The van der Waals surface area contributed by atoms with Gasteiger partial charge in [0.1, 0.15) is 6.54 Å². The molecule has 1 saturated heterocycles. The van der Waals surface area contributed by atoms with E-state index in [2.05, 4.69) is 9.88 Å². The molecule has 0 N–H and O–H groups in total. The van der Waals surface area contributed by atoms with Crippen molar-refractivity contribution in [3.8, 4) is 0 Å². The van der Waals surface area contributed by atoms with Gasteiger partial charge in [0.2, 0.25) is 0 Å². The molecule has 0 bridgehead atoms. The first-order chi connectivity index (χ1) is 14.2. The van der Waals surface area contributed by atoms with E-state index in [9.17, 15) is 22.8 Å². The van der Waals surface area contributed by atoms with Crippen molar-refractivity contribution in [1.82, 2.24) is 9.88 Å². The summed E-state index contributed by atoms with van der Waals surface area (Å²) in [6, 6.07) is 6.51. The lowest BCUT2D eigenvalue weighted by Gasteiger charge is -2.25. The Labute approximate surface area is 176 Å². The number of anilines is 2. The quantitative estimate of drug-likeness (QED) is 0.470. The summed E-state index contributed by atoms with van der Waals surface area (Å²) < 4.78 is 37.5. The predicted octanol–water partition coefficient (Wildman–Crippen LogP) is 4.51. The maximum Gasteiger partial charge on any atom is 0.446 e. The van der Waals surface area contributed by atoms with Gasteiger partial charge in [-0.2, -0.15) is 13.2 Å². The van der Waals surface area contributed by atoms with Crippen LogP contribution in [0.15, 0.2) is 47.6 Å². The highest BCUT2D eigenvalue weighted by Crippen LogP contribution is 2.37. The largest absolute Gasteiger partial charge is 0.446 e. The molecule has 30 heavy (non-hydrogen) atoms. The highest BCUT2D eigenvalue weighted by atomic mass is 32.2. The number of alkyl halides is 3. The van der Waals surface area contributed by atoms with E-state index in [1.54, 1.807) is 12.4 Å². The van der Waals surface area contributed by atoms with Gasteiger partial charge in [-0.25, -0.2) is 9.69 Å². The van der Waals surface area contributed by atoms with Crippen LogP contribution in [0.25, 0.3) is 0 Å². The van der Waals surface area contributed by atoms with Crippen LogP contribution >= 0.6 is 11.8 Å². The van der Waals surface area contributed by atoms with Gasteiger partial charge >= 0.3 is 11.5 Å². The van der Waals surface area contributed by atoms with Gasteiger partial charge in [-0.1, -0.05) is 0 Å². The fourth-order valence-corrected chi connectivity index (χ4v) is 3.87. The predicted molar refractivity (Wildman–Crippen MR) is 109 cm³/mol. The van der Waals surface area contributed by atoms with E-state index in [-0.39, 0.29) is 35.4 Å². The number of benzene rings is 1. The number of carbonyl (C=O) groups excluding carboxylic acids is 2. The maximum atomic E-state index is 12.9. The Balaban J connectivity index is 1.78. The maximum absolute atomic E-state index is 12.9. The molecule has 0 unspecified atom stereocenters. The SMILES string of the molecule is CCN(CC)c1cnccc1CN1CC(=O)N(c2ccc(SC(F)(F)F)cc2)C1=O. The first kappa shape index (κ1) is 21.9. The van der Waals surface area contributed by atoms with Crippen LogP contribution in [0, 0.1) is 0 Å². The Kier molecular flexibility index (Phi) is 6.55. The zero-order chi connectivity index (χ0) is 21.9. The number of pyridine rings is 1. The zero-order valence-corrected chi connectivity index (χ0v) is 17.3. The second-order valence-electron chi connectivity index (χ2n) is 6.59. The fraction of sp³-hybridized carbons (Fsp3) is 0.350. The van der Waals surface area contributed by atoms with Crippen LogP contribution < -0.4 is 9.80 Å². The highest BCUT2D eigenvalue weighted by Gasteiger charge is 2.37. The molecule has 2 heterocycles. The van der Waals surface area contributed by atoms with Crippen LogP contribution in [-0.2, 0) is 11.3 Å². The molecule has 3 amide bonds. The molecular weight excluding hydrogens is 417 g/mol. The molecule has 0 atom stereocenters. The van der Waals surface area contributed by atoms with Crippen molar-refractivity contribution in [3.63, 3.8) is 0 Å². The Morgan fingerprint density at radius 3 is 2.37 bits per heavy atom. The minimum Gasteiger partial charge on any atom is -0.371 e. The molecule has 1 aromatic carbocycles. The van der Waals surface area contributed by atoms with Crippen molar-refractivity contribution in [2.24, 2.45) is 0 Å². The van der Waals surface area contributed by atoms with E-state index in [0.29, 0.717) is 0 Å². The van der Waals surface area contributed by atoms with Crippen LogP contribution in [-0.4, -0.2) is 47.0 Å². The van der Waals surface area contributed by atoms with E-state index in [1.165, 1.54) is 29.2 Å². The lowest BCUT2D eigenvalue weighted by Crippen LogP contribution is -2.33. The number of nitrogens with zero attached hydrogens (tertiary/aromatic N) is 4. The Hall–Kier alpha value is -2.75. The minimum atomic E-state index is -4.40. The van der Waals surface area contributed by atoms with Crippen molar-refractivity contribution >= 4 is 35.1 Å². The lowest BCUT2D eigenvalue weighted by molar-refractivity contribution is -0.116. The monoisotopic (exact) mass is 438 g/mol. The average Bonchev–Trinajstić information content (AvgIpc) is 2.97. The molecule has 2 aromatic rings. The molecule has 1 aromatic heterocycles. The van der Waals surface area contributed by atoms with Crippen LogP contribution in [0.5, 0.6) is 0 Å². The molecule has 0 aliphatic carbocycles. The number of aromatic nitrogens is 1. The van der Waals surface area contributed by atoms with Crippen molar-refractivity contribution in [3.05, 3.63) is 48.3 Å². The Bertz CT molecular complexity index is 917. The second-order valence-corrected chi connectivity index (χ2v) is 7.72. The standard InChI is InChI=1S/C20H21F3N4O2S/c1-3-25(4-2)17-11-24-10-9-14(17)12-26-13-18(28)27(19(26)29)15-5-7-16(8-6-15)30-20(21,22)23/h5-11H,3-4,12-13H2,1-2H3. The zero-order valence-electron chi connectivity index (χ0n) is 16.5. The molecular formula is C20H21F3N4O2S. The third-order valence-corrected chi connectivity index (χ3v) is 5.46. The molecule has 0 spiro atoms. The molecule has 160 valence electrons. The highest BCUT2D eigenvalue weighted by molar-refractivity contribution is 8.00. The Morgan fingerprint density at radius 1 is 1.10 bits per heavy atom. The number of halogens is 3. The summed E-state index contributed by atoms with van der Waals surface area (Å²) >= 11 is -0.245. The summed E-state index contributed by atoms with van der Waals surface area (Å²) in [6.07, 6.45) is 3.37. The van der Waals surface area contributed by atoms with E-state index < -0.39 is 17.4 Å². The van der Waals surface area contributed by atoms with Gasteiger partial charge in [-0.05, 0) is 61.5 Å². The summed E-state index contributed by atoms with van der Waals surface area (Å²) in [4.78, 5) is 34.0. The van der Waals surface area contributed by atoms with Gasteiger partial charge in [-0.3, -0.25) is 9.78 Å². The Morgan fingerprint density at radius 2 is 1.77 bits per heavy atom. The first-order valence-corrected chi connectivity index (χ1v) is 10.2. The molecule has 1 aliphatic heterocycles. The molecule has 6 nitrogen and oxygen atoms in total. The number of hydrogen-bond donors (Lipinski definition) is 0.